The van der Waals surface area contributed by atoms with Crippen LogP contribution in [0.1, 0.15) is 46.0 Å². The first-order chi connectivity index (χ1) is 6.12. The molecule has 2 aliphatic rings. The summed E-state index contributed by atoms with van der Waals surface area (Å²) in [5.74, 6) is 1.03. The molecule has 0 radical (unpaired) electrons. The smallest absolute Gasteiger partial charge is 0.00464 e. The van der Waals surface area contributed by atoms with Gasteiger partial charge in [-0.2, -0.15) is 0 Å². The summed E-state index contributed by atoms with van der Waals surface area (Å²) in [4.78, 5) is 0. The van der Waals surface area contributed by atoms with Crippen molar-refractivity contribution in [3.8, 4) is 0 Å². The molecule has 2 rings (SSSR count). The van der Waals surface area contributed by atoms with E-state index in [0.717, 1.165) is 5.92 Å². The molecule has 2 saturated carbocycles. The second-order valence-electron chi connectivity index (χ2n) is 5.63. The Balaban J connectivity index is 2.12. The van der Waals surface area contributed by atoms with Crippen molar-refractivity contribution < 1.29 is 0 Å². The van der Waals surface area contributed by atoms with Crippen LogP contribution in [0.5, 0.6) is 0 Å². The molecular weight excluding hydrogens is 158 g/mol. The maximum Gasteiger partial charge on any atom is -0.00464 e. The van der Waals surface area contributed by atoms with E-state index in [4.69, 9.17) is 0 Å². The molecule has 0 unspecified atom stereocenters. The summed E-state index contributed by atoms with van der Waals surface area (Å²) >= 11 is 0. The largest absolute Gasteiger partial charge is 0.320 e. The lowest BCUT2D eigenvalue weighted by molar-refractivity contribution is 0.116. The van der Waals surface area contributed by atoms with Crippen molar-refractivity contribution in [3.05, 3.63) is 0 Å². The van der Waals surface area contributed by atoms with Crippen LogP contribution in [0, 0.1) is 16.7 Å². The van der Waals surface area contributed by atoms with Crippen molar-refractivity contribution in [2.45, 2.75) is 46.0 Å². The van der Waals surface area contributed by atoms with E-state index in [1.807, 2.05) is 0 Å². The summed E-state index contributed by atoms with van der Waals surface area (Å²) in [6, 6.07) is 0. The van der Waals surface area contributed by atoms with Crippen molar-refractivity contribution >= 4 is 0 Å². The molecule has 0 aromatic heterocycles. The number of hydrogen-bond acceptors (Lipinski definition) is 1. The van der Waals surface area contributed by atoms with E-state index in [9.17, 15) is 0 Å². The van der Waals surface area contributed by atoms with Crippen LogP contribution in [-0.2, 0) is 0 Å². The number of hydrogen-bond donors (Lipinski definition) is 1. The maximum absolute atomic E-state index is 3.31. The van der Waals surface area contributed by atoms with Crippen molar-refractivity contribution in [3.63, 3.8) is 0 Å². The highest BCUT2D eigenvalue weighted by Gasteiger charge is 2.57. The van der Waals surface area contributed by atoms with E-state index in [1.165, 1.54) is 38.6 Å². The molecule has 0 aliphatic heterocycles. The highest BCUT2D eigenvalue weighted by Crippen LogP contribution is 2.67. The molecule has 1 nitrogen and oxygen atoms in total. The first kappa shape index (κ1) is 9.51. The van der Waals surface area contributed by atoms with Crippen LogP contribution in [0.3, 0.4) is 0 Å². The maximum atomic E-state index is 3.31. The van der Waals surface area contributed by atoms with E-state index in [2.05, 4.69) is 26.2 Å². The van der Waals surface area contributed by atoms with Gasteiger partial charge >= 0.3 is 0 Å². The molecule has 0 saturated heterocycles. The van der Waals surface area contributed by atoms with Gasteiger partial charge in [0.2, 0.25) is 0 Å². The highest BCUT2D eigenvalue weighted by molar-refractivity contribution is 5.07. The van der Waals surface area contributed by atoms with Gasteiger partial charge in [-0.15, -0.1) is 0 Å². The van der Waals surface area contributed by atoms with Crippen LogP contribution in [0.25, 0.3) is 0 Å². The first-order valence-electron chi connectivity index (χ1n) is 5.77. The molecule has 13 heavy (non-hydrogen) atoms. The third kappa shape index (κ3) is 1.16. The topological polar surface area (TPSA) is 12.0 Å². The minimum atomic E-state index is 0.629. The average Bonchev–Trinajstić information content (AvgIpc) is 2.50. The van der Waals surface area contributed by atoms with E-state index < -0.39 is 0 Å². The molecule has 1 heteroatoms. The fraction of sp³-hybridized carbons (Fsp3) is 1.00. The van der Waals surface area contributed by atoms with Crippen LogP contribution in [-0.4, -0.2) is 13.6 Å². The van der Waals surface area contributed by atoms with Crippen LogP contribution in [0.2, 0.25) is 0 Å². The van der Waals surface area contributed by atoms with Gasteiger partial charge in [0, 0.05) is 0 Å². The Morgan fingerprint density at radius 1 is 1.23 bits per heavy atom. The lowest BCUT2D eigenvalue weighted by Crippen LogP contribution is -2.33. The van der Waals surface area contributed by atoms with Gasteiger partial charge in [-0.1, -0.05) is 13.8 Å². The van der Waals surface area contributed by atoms with Crippen molar-refractivity contribution in [1.29, 1.82) is 0 Å². The summed E-state index contributed by atoms with van der Waals surface area (Å²) < 4.78 is 0. The normalized spacial score (nSPS) is 41.3. The second-order valence-corrected chi connectivity index (χ2v) is 5.63. The van der Waals surface area contributed by atoms with Gasteiger partial charge < -0.3 is 5.32 Å². The Kier molecular flexibility index (Phi) is 2.18. The van der Waals surface area contributed by atoms with Gasteiger partial charge in [0.1, 0.15) is 0 Å². The van der Waals surface area contributed by atoms with Crippen molar-refractivity contribution in [1.82, 2.24) is 5.32 Å². The third-order valence-corrected chi connectivity index (χ3v) is 5.18. The summed E-state index contributed by atoms with van der Waals surface area (Å²) in [7, 11) is 2.07. The molecule has 0 atom stereocenters. The third-order valence-electron chi connectivity index (χ3n) is 5.18. The molecule has 1 N–H and O–H groups in total. The second kappa shape index (κ2) is 2.98. The van der Waals surface area contributed by atoms with Crippen LogP contribution >= 0.6 is 0 Å². The summed E-state index contributed by atoms with van der Waals surface area (Å²) in [6.07, 6.45) is 7.37. The summed E-state index contributed by atoms with van der Waals surface area (Å²) in [5.41, 5.74) is 1.32. The molecule has 2 aliphatic carbocycles. The monoisotopic (exact) mass is 181 g/mol. The Bertz CT molecular complexity index is 187. The van der Waals surface area contributed by atoms with Crippen molar-refractivity contribution in [2.24, 2.45) is 16.7 Å². The summed E-state index contributed by atoms with van der Waals surface area (Å²) in [5, 5.41) is 3.31. The molecular formula is C12H23N. The number of nitrogens with one attached hydrogen (secondary N) is 1. The molecule has 2 bridgehead atoms. The van der Waals surface area contributed by atoms with Crippen molar-refractivity contribution in [2.75, 3.05) is 13.6 Å². The fourth-order valence-electron chi connectivity index (χ4n) is 3.91. The Morgan fingerprint density at radius 3 is 2.23 bits per heavy atom. The van der Waals surface area contributed by atoms with Gasteiger partial charge in [0.15, 0.2) is 0 Å². The Morgan fingerprint density at radius 2 is 1.85 bits per heavy atom. The predicted octanol–water partition coefficient (Wildman–Crippen LogP) is 2.81. The van der Waals surface area contributed by atoms with Crippen LogP contribution in [0.4, 0.5) is 0 Å². The van der Waals surface area contributed by atoms with E-state index in [1.54, 1.807) is 0 Å². The van der Waals surface area contributed by atoms with Gasteiger partial charge in [-0.05, 0) is 62.4 Å². The van der Waals surface area contributed by atoms with E-state index >= 15 is 0 Å². The highest BCUT2D eigenvalue weighted by atomic mass is 14.8. The van der Waals surface area contributed by atoms with Gasteiger partial charge in [0.05, 0.1) is 0 Å². The number of fused-ring (bicyclic) bond motifs is 2. The molecule has 0 aromatic carbocycles. The molecule has 2 fully saturated rings. The van der Waals surface area contributed by atoms with E-state index in [0.29, 0.717) is 10.8 Å². The van der Waals surface area contributed by atoms with Gasteiger partial charge in [-0.25, -0.2) is 0 Å². The lowest BCUT2D eigenvalue weighted by Gasteiger charge is -2.38. The minimum Gasteiger partial charge on any atom is -0.320 e. The molecule has 0 aromatic rings. The zero-order valence-electron chi connectivity index (χ0n) is 9.32. The Hall–Kier alpha value is -0.0400. The predicted molar refractivity (Wildman–Crippen MR) is 56.7 cm³/mol. The molecule has 76 valence electrons. The zero-order chi connectivity index (χ0) is 9.53. The van der Waals surface area contributed by atoms with Gasteiger partial charge in [-0.3, -0.25) is 0 Å². The Labute approximate surface area is 82.3 Å². The minimum absolute atomic E-state index is 0.629. The number of rotatable bonds is 3. The lowest BCUT2D eigenvalue weighted by atomic mass is 9.67. The quantitative estimate of drug-likeness (QED) is 0.706. The summed E-state index contributed by atoms with van der Waals surface area (Å²) in [6.45, 7) is 6.22. The average molecular weight is 181 g/mol. The molecule has 0 amide bonds. The van der Waals surface area contributed by atoms with Crippen LogP contribution in [0.15, 0.2) is 0 Å². The zero-order valence-corrected chi connectivity index (χ0v) is 9.32. The van der Waals surface area contributed by atoms with Gasteiger partial charge in [0.25, 0.3) is 0 Å². The fourth-order valence-corrected chi connectivity index (χ4v) is 3.91. The molecule has 0 spiro atoms. The molecule has 0 heterocycles. The first-order valence-corrected chi connectivity index (χ1v) is 5.77. The van der Waals surface area contributed by atoms with Crippen LogP contribution < -0.4 is 5.32 Å². The SMILES string of the molecule is CNCCC12CCC(CC1)C2(C)C. The van der Waals surface area contributed by atoms with E-state index in [-0.39, 0.29) is 0 Å². The standard InChI is InChI=1S/C12H23N/c1-11(2)10-4-6-12(11,7-5-10)8-9-13-3/h10,13H,4-9H2,1-3H3.